The molecule has 0 fully saturated rings. The van der Waals surface area contributed by atoms with E-state index in [0.717, 1.165) is 5.56 Å². The van der Waals surface area contributed by atoms with Crippen LogP contribution in [-0.4, -0.2) is 23.5 Å². The van der Waals surface area contributed by atoms with Crippen LogP contribution >= 0.6 is 0 Å². The molecule has 2 aromatic carbocycles. The quantitative estimate of drug-likeness (QED) is 0.673. The average molecular weight is 298 g/mol. The van der Waals surface area contributed by atoms with Gasteiger partial charge in [0.05, 0.1) is 11.3 Å². The van der Waals surface area contributed by atoms with Crippen molar-refractivity contribution in [1.82, 2.24) is 5.43 Å². The predicted octanol–water partition coefficient (Wildman–Crippen LogP) is 2.27. The highest BCUT2D eigenvalue weighted by atomic mass is 16.7. The molecule has 0 aromatic heterocycles. The monoisotopic (exact) mass is 298 g/mol. The molecule has 0 saturated heterocycles. The number of benzene rings is 2. The molecule has 0 aliphatic carbocycles. The first-order valence-corrected chi connectivity index (χ1v) is 6.68. The SMILES string of the molecule is C/C(=N/NC(=O)c1ccccc1O)c1ccc2c(c1)OCO2. The molecule has 0 radical (unpaired) electrons. The van der Waals surface area contributed by atoms with Crippen LogP contribution in [0.15, 0.2) is 47.6 Å². The van der Waals surface area contributed by atoms with E-state index < -0.39 is 5.91 Å². The summed E-state index contributed by atoms with van der Waals surface area (Å²) in [5.74, 6) is 0.781. The number of phenolic OH excluding ortho intramolecular Hbond substituents is 1. The first-order valence-electron chi connectivity index (χ1n) is 6.68. The number of ether oxygens (including phenoxy) is 2. The molecule has 1 aliphatic heterocycles. The normalized spacial score (nSPS) is 13.0. The van der Waals surface area contributed by atoms with Crippen LogP contribution in [0.2, 0.25) is 0 Å². The minimum atomic E-state index is -0.474. The van der Waals surface area contributed by atoms with Gasteiger partial charge in [-0.15, -0.1) is 0 Å². The molecule has 0 saturated carbocycles. The van der Waals surface area contributed by atoms with Gasteiger partial charge in [-0.2, -0.15) is 5.10 Å². The largest absolute Gasteiger partial charge is 0.507 e. The highest BCUT2D eigenvalue weighted by Gasteiger charge is 2.14. The van der Waals surface area contributed by atoms with E-state index in [-0.39, 0.29) is 18.1 Å². The number of rotatable bonds is 3. The topological polar surface area (TPSA) is 80.2 Å². The van der Waals surface area contributed by atoms with Gasteiger partial charge in [0.25, 0.3) is 5.91 Å². The van der Waals surface area contributed by atoms with Crippen LogP contribution < -0.4 is 14.9 Å². The third-order valence-electron chi connectivity index (χ3n) is 3.26. The molecule has 0 unspecified atom stereocenters. The Morgan fingerprint density at radius 1 is 1.18 bits per heavy atom. The van der Waals surface area contributed by atoms with E-state index in [1.807, 2.05) is 6.07 Å². The number of carbonyl (C=O) groups is 1. The fourth-order valence-corrected chi connectivity index (χ4v) is 2.05. The fourth-order valence-electron chi connectivity index (χ4n) is 2.05. The maximum Gasteiger partial charge on any atom is 0.275 e. The van der Waals surface area contributed by atoms with Gasteiger partial charge in [-0.05, 0) is 37.3 Å². The van der Waals surface area contributed by atoms with Gasteiger partial charge in [0.2, 0.25) is 6.79 Å². The van der Waals surface area contributed by atoms with Gasteiger partial charge in [0.15, 0.2) is 11.5 Å². The molecule has 0 atom stereocenters. The van der Waals surface area contributed by atoms with Crippen molar-refractivity contribution in [3.8, 4) is 17.2 Å². The van der Waals surface area contributed by atoms with Crippen LogP contribution in [0.1, 0.15) is 22.8 Å². The van der Waals surface area contributed by atoms with E-state index in [1.165, 1.54) is 12.1 Å². The second-order valence-electron chi connectivity index (χ2n) is 4.72. The summed E-state index contributed by atoms with van der Waals surface area (Å²) in [4.78, 5) is 12.0. The van der Waals surface area contributed by atoms with Crippen LogP contribution in [0.3, 0.4) is 0 Å². The summed E-state index contributed by atoms with van der Waals surface area (Å²) in [5, 5.41) is 13.7. The molecule has 2 N–H and O–H groups in total. The van der Waals surface area contributed by atoms with Crippen molar-refractivity contribution in [1.29, 1.82) is 0 Å². The van der Waals surface area contributed by atoms with E-state index >= 15 is 0 Å². The lowest BCUT2D eigenvalue weighted by molar-refractivity contribution is 0.0952. The number of aromatic hydroxyl groups is 1. The highest BCUT2D eigenvalue weighted by molar-refractivity contribution is 6.01. The van der Waals surface area contributed by atoms with Crippen LogP contribution in [0.4, 0.5) is 0 Å². The molecule has 0 bridgehead atoms. The number of nitrogens with one attached hydrogen (secondary N) is 1. The number of carbonyl (C=O) groups excluding carboxylic acids is 1. The smallest absolute Gasteiger partial charge is 0.275 e. The van der Waals surface area contributed by atoms with E-state index in [0.29, 0.717) is 17.2 Å². The molecule has 112 valence electrons. The minimum absolute atomic E-state index is 0.0871. The van der Waals surface area contributed by atoms with E-state index in [4.69, 9.17) is 9.47 Å². The van der Waals surface area contributed by atoms with Gasteiger partial charge in [0, 0.05) is 5.56 Å². The summed E-state index contributed by atoms with van der Waals surface area (Å²) in [6.07, 6.45) is 0. The Labute approximate surface area is 127 Å². The highest BCUT2D eigenvalue weighted by Crippen LogP contribution is 2.32. The number of para-hydroxylation sites is 1. The van der Waals surface area contributed by atoms with Gasteiger partial charge < -0.3 is 14.6 Å². The summed E-state index contributed by atoms with van der Waals surface area (Å²) in [7, 11) is 0. The van der Waals surface area contributed by atoms with E-state index in [9.17, 15) is 9.90 Å². The van der Waals surface area contributed by atoms with Gasteiger partial charge in [0.1, 0.15) is 5.75 Å². The zero-order valence-corrected chi connectivity index (χ0v) is 11.9. The number of phenols is 1. The molecule has 6 nitrogen and oxygen atoms in total. The zero-order valence-electron chi connectivity index (χ0n) is 11.9. The van der Waals surface area contributed by atoms with Gasteiger partial charge >= 0.3 is 0 Å². The van der Waals surface area contributed by atoms with Gasteiger partial charge in [-0.3, -0.25) is 4.79 Å². The van der Waals surface area contributed by atoms with Gasteiger partial charge in [-0.1, -0.05) is 12.1 Å². The van der Waals surface area contributed by atoms with Crippen molar-refractivity contribution in [2.75, 3.05) is 6.79 Å². The second-order valence-corrected chi connectivity index (χ2v) is 4.72. The number of hydrazone groups is 1. The Morgan fingerprint density at radius 3 is 2.77 bits per heavy atom. The Bertz CT molecular complexity index is 756. The number of amides is 1. The fraction of sp³-hybridized carbons (Fsp3) is 0.125. The number of hydrogen-bond donors (Lipinski definition) is 2. The first-order chi connectivity index (χ1) is 10.6. The molecular weight excluding hydrogens is 284 g/mol. The second kappa shape index (κ2) is 5.77. The van der Waals surface area contributed by atoms with Crippen LogP contribution in [-0.2, 0) is 0 Å². The van der Waals surface area contributed by atoms with Crippen molar-refractivity contribution in [3.63, 3.8) is 0 Å². The first kappa shape index (κ1) is 13.9. The van der Waals surface area contributed by atoms with Crippen molar-refractivity contribution in [2.24, 2.45) is 5.10 Å². The zero-order chi connectivity index (χ0) is 15.5. The molecule has 0 spiro atoms. The number of fused-ring (bicyclic) bond motifs is 1. The Kier molecular flexibility index (Phi) is 3.65. The summed E-state index contributed by atoms with van der Waals surface area (Å²) < 4.78 is 10.5. The number of nitrogens with zero attached hydrogens (tertiary/aromatic N) is 1. The molecular formula is C16H14N2O4. The summed E-state index contributed by atoms with van der Waals surface area (Å²) in [6, 6.07) is 11.7. The summed E-state index contributed by atoms with van der Waals surface area (Å²) >= 11 is 0. The Balaban J connectivity index is 1.75. The molecule has 2 aromatic rings. The van der Waals surface area contributed by atoms with Crippen LogP contribution in [0.25, 0.3) is 0 Å². The third kappa shape index (κ3) is 2.71. The van der Waals surface area contributed by atoms with Crippen molar-refractivity contribution in [3.05, 3.63) is 53.6 Å². The maximum atomic E-state index is 12.0. The van der Waals surface area contributed by atoms with Gasteiger partial charge in [-0.25, -0.2) is 5.43 Å². The van der Waals surface area contributed by atoms with E-state index in [1.54, 1.807) is 31.2 Å². The van der Waals surface area contributed by atoms with Crippen molar-refractivity contribution >= 4 is 11.6 Å². The summed E-state index contributed by atoms with van der Waals surface area (Å²) in [5.41, 5.74) is 4.01. The molecule has 3 rings (SSSR count). The summed E-state index contributed by atoms with van der Waals surface area (Å²) in [6.45, 7) is 1.97. The van der Waals surface area contributed by atoms with Crippen molar-refractivity contribution < 1.29 is 19.4 Å². The molecule has 1 amide bonds. The lowest BCUT2D eigenvalue weighted by Crippen LogP contribution is -2.19. The molecule has 1 heterocycles. The molecule has 1 aliphatic rings. The van der Waals surface area contributed by atoms with E-state index in [2.05, 4.69) is 10.5 Å². The standard InChI is InChI=1S/C16H14N2O4/c1-10(11-6-7-14-15(8-11)22-9-21-14)17-18-16(20)12-4-2-3-5-13(12)19/h2-8,19H,9H2,1H3,(H,18,20)/b17-10-. The number of hydrogen-bond acceptors (Lipinski definition) is 5. The van der Waals surface area contributed by atoms with Crippen LogP contribution in [0.5, 0.6) is 17.2 Å². The lowest BCUT2D eigenvalue weighted by Gasteiger charge is -2.05. The lowest BCUT2D eigenvalue weighted by atomic mass is 10.1. The average Bonchev–Trinajstić information content (AvgIpc) is 3.00. The third-order valence-corrected chi connectivity index (χ3v) is 3.26. The molecule has 22 heavy (non-hydrogen) atoms. The van der Waals surface area contributed by atoms with Crippen molar-refractivity contribution in [2.45, 2.75) is 6.92 Å². The predicted molar refractivity (Wildman–Crippen MR) is 80.3 cm³/mol. The minimum Gasteiger partial charge on any atom is -0.507 e. The van der Waals surface area contributed by atoms with Crippen LogP contribution in [0, 0.1) is 0 Å². The Morgan fingerprint density at radius 2 is 1.95 bits per heavy atom. The maximum absolute atomic E-state index is 12.0. The Hall–Kier alpha value is -3.02. The molecule has 6 heteroatoms.